The predicted octanol–water partition coefficient (Wildman–Crippen LogP) is 6.05. The molecule has 0 saturated carbocycles. The van der Waals surface area contributed by atoms with Gasteiger partial charge in [-0.2, -0.15) is 0 Å². The standard InChI is InChI=1S/C28H26O3/c1-5-20-17(2)21-13-9-10-14-23(21)28(18-11-7-6-8-12-18)25-22(27(29)26(20)28)15-19(30-3)16-24(25)31-4/h6-16,26H,5H2,1-4H3/t26-,28+/m0/s1. The van der Waals surface area contributed by atoms with Gasteiger partial charge >= 0.3 is 0 Å². The topological polar surface area (TPSA) is 35.5 Å². The summed E-state index contributed by atoms with van der Waals surface area (Å²) in [5.74, 6) is 1.17. The molecule has 0 amide bonds. The highest BCUT2D eigenvalue weighted by Crippen LogP contribution is 2.62. The van der Waals surface area contributed by atoms with Crippen LogP contribution in [0, 0.1) is 5.92 Å². The largest absolute Gasteiger partial charge is 0.497 e. The molecule has 3 heteroatoms. The van der Waals surface area contributed by atoms with Crippen LogP contribution in [-0.4, -0.2) is 20.0 Å². The normalized spacial score (nSPS) is 21.4. The number of ketones is 1. The highest BCUT2D eigenvalue weighted by molar-refractivity contribution is 6.10. The van der Waals surface area contributed by atoms with Gasteiger partial charge in [-0.05, 0) is 41.7 Å². The van der Waals surface area contributed by atoms with E-state index in [1.165, 1.54) is 16.7 Å². The van der Waals surface area contributed by atoms with Crippen LogP contribution in [0.2, 0.25) is 0 Å². The predicted molar refractivity (Wildman–Crippen MR) is 123 cm³/mol. The fourth-order valence-electron chi connectivity index (χ4n) is 5.86. The van der Waals surface area contributed by atoms with E-state index >= 15 is 0 Å². The minimum atomic E-state index is -0.632. The van der Waals surface area contributed by atoms with Crippen molar-refractivity contribution < 1.29 is 14.3 Å². The van der Waals surface area contributed by atoms with E-state index < -0.39 is 5.41 Å². The average Bonchev–Trinajstić information content (AvgIpc) is 3.09. The van der Waals surface area contributed by atoms with Crippen molar-refractivity contribution in [2.24, 2.45) is 5.92 Å². The van der Waals surface area contributed by atoms with Crippen molar-refractivity contribution in [2.45, 2.75) is 25.7 Å². The van der Waals surface area contributed by atoms with Crippen molar-refractivity contribution in [2.75, 3.05) is 14.2 Å². The number of hydrogen-bond acceptors (Lipinski definition) is 3. The van der Waals surface area contributed by atoms with Gasteiger partial charge in [-0.15, -0.1) is 0 Å². The highest BCUT2D eigenvalue weighted by Gasteiger charge is 2.59. The van der Waals surface area contributed by atoms with Gasteiger partial charge in [-0.25, -0.2) is 0 Å². The summed E-state index contributed by atoms with van der Waals surface area (Å²) < 4.78 is 11.4. The molecular weight excluding hydrogens is 384 g/mol. The fraction of sp³-hybridized carbons (Fsp3) is 0.250. The molecule has 0 aromatic heterocycles. The van der Waals surface area contributed by atoms with Crippen molar-refractivity contribution >= 4 is 11.4 Å². The van der Waals surface area contributed by atoms with Gasteiger partial charge in [0.25, 0.3) is 0 Å². The minimum absolute atomic E-state index is 0.141. The molecule has 31 heavy (non-hydrogen) atoms. The molecule has 0 fully saturated rings. The molecule has 2 atom stereocenters. The third kappa shape index (κ3) is 2.43. The Kier molecular flexibility index (Phi) is 4.51. The second kappa shape index (κ2) is 7.12. The number of Topliss-reactive ketones (excluding diaryl/α,β-unsaturated/α-hetero) is 1. The molecule has 0 aliphatic heterocycles. The van der Waals surface area contributed by atoms with E-state index in [0.29, 0.717) is 17.1 Å². The Morgan fingerprint density at radius 3 is 2.29 bits per heavy atom. The Hall–Kier alpha value is -3.33. The molecule has 3 nitrogen and oxygen atoms in total. The first kappa shape index (κ1) is 19.6. The third-order valence-corrected chi connectivity index (χ3v) is 7.08. The Morgan fingerprint density at radius 2 is 1.61 bits per heavy atom. The number of methoxy groups -OCH3 is 2. The van der Waals surface area contributed by atoms with Crippen LogP contribution in [0.3, 0.4) is 0 Å². The van der Waals surface area contributed by atoms with Crippen LogP contribution in [0.25, 0.3) is 5.57 Å². The van der Waals surface area contributed by atoms with Crippen molar-refractivity contribution in [1.82, 2.24) is 0 Å². The number of carbonyl (C=O) groups is 1. The van der Waals surface area contributed by atoms with Crippen LogP contribution in [0.15, 0.2) is 72.3 Å². The summed E-state index contributed by atoms with van der Waals surface area (Å²) in [4.78, 5) is 14.1. The average molecular weight is 411 g/mol. The van der Waals surface area contributed by atoms with Crippen molar-refractivity contribution in [3.63, 3.8) is 0 Å². The summed E-state index contributed by atoms with van der Waals surface area (Å²) in [7, 11) is 3.29. The maximum absolute atomic E-state index is 14.1. The molecule has 0 N–H and O–H groups in total. The summed E-state index contributed by atoms with van der Waals surface area (Å²) >= 11 is 0. The molecule has 156 valence electrons. The quantitative estimate of drug-likeness (QED) is 0.525. The third-order valence-electron chi connectivity index (χ3n) is 7.08. The first-order chi connectivity index (χ1) is 15.1. The second-order valence-electron chi connectivity index (χ2n) is 8.27. The zero-order valence-corrected chi connectivity index (χ0v) is 18.4. The lowest BCUT2D eigenvalue weighted by atomic mass is 9.57. The van der Waals surface area contributed by atoms with Crippen molar-refractivity contribution in [3.8, 4) is 11.5 Å². The fourth-order valence-corrected chi connectivity index (χ4v) is 5.86. The van der Waals surface area contributed by atoms with Crippen LogP contribution in [-0.2, 0) is 5.41 Å². The number of benzene rings is 3. The smallest absolute Gasteiger partial charge is 0.172 e. The molecule has 0 spiro atoms. The summed E-state index contributed by atoms with van der Waals surface area (Å²) in [6, 6.07) is 22.7. The van der Waals surface area contributed by atoms with E-state index in [-0.39, 0.29) is 11.7 Å². The summed E-state index contributed by atoms with van der Waals surface area (Å²) in [6.45, 7) is 4.30. The Labute approximate surface area is 183 Å². The molecule has 5 rings (SSSR count). The van der Waals surface area contributed by atoms with E-state index in [9.17, 15) is 4.79 Å². The Bertz CT molecular complexity index is 1220. The van der Waals surface area contributed by atoms with Crippen molar-refractivity contribution in [1.29, 1.82) is 0 Å². The lowest BCUT2D eigenvalue weighted by Gasteiger charge is -2.43. The molecule has 0 saturated heterocycles. The van der Waals surface area contributed by atoms with Gasteiger partial charge in [0.1, 0.15) is 11.5 Å². The van der Waals surface area contributed by atoms with Crippen molar-refractivity contribution in [3.05, 3.63) is 100 Å². The van der Waals surface area contributed by atoms with E-state index in [1.54, 1.807) is 14.2 Å². The molecule has 3 aromatic rings. The van der Waals surface area contributed by atoms with Gasteiger partial charge in [-0.3, -0.25) is 4.79 Å². The van der Waals surface area contributed by atoms with Gasteiger partial charge in [0, 0.05) is 17.2 Å². The zero-order chi connectivity index (χ0) is 21.8. The Balaban J connectivity index is 2.01. The van der Waals surface area contributed by atoms with Crippen LogP contribution < -0.4 is 9.47 Å². The first-order valence-corrected chi connectivity index (χ1v) is 10.7. The van der Waals surface area contributed by atoms with Crippen LogP contribution >= 0.6 is 0 Å². The van der Waals surface area contributed by atoms with Crippen LogP contribution in [0.4, 0.5) is 0 Å². The molecule has 3 aromatic carbocycles. The summed E-state index contributed by atoms with van der Waals surface area (Å²) in [6.07, 6.45) is 0.818. The number of hydrogen-bond donors (Lipinski definition) is 0. The van der Waals surface area contributed by atoms with E-state index in [2.05, 4.69) is 62.4 Å². The highest BCUT2D eigenvalue weighted by atomic mass is 16.5. The molecule has 2 aliphatic carbocycles. The van der Waals surface area contributed by atoms with Gasteiger partial charge in [0.05, 0.1) is 25.6 Å². The van der Waals surface area contributed by atoms with E-state index in [0.717, 1.165) is 23.1 Å². The van der Waals surface area contributed by atoms with E-state index in [1.807, 2.05) is 18.2 Å². The molecule has 2 aliphatic rings. The maximum atomic E-state index is 14.1. The molecule has 0 unspecified atom stereocenters. The van der Waals surface area contributed by atoms with Crippen LogP contribution in [0.1, 0.15) is 52.9 Å². The van der Waals surface area contributed by atoms with Gasteiger partial charge in [-0.1, -0.05) is 67.1 Å². The van der Waals surface area contributed by atoms with Gasteiger partial charge in [0.15, 0.2) is 5.78 Å². The maximum Gasteiger partial charge on any atom is 0.172 e. The SMILES string of the molecule is CCC1=C(C)c2ccccc2[C@]2(c3ccccc3)c3c(OC)cc(OC)cc3C(=O)[C@H]12. The molecule has 0 heterocycles. The zero-order valence-electron chi connectivity index (χ0n) is 18.4. The lowest BCUT2D eigenvalue weighted by Crippen LogP contribution is -2.41. The van der Waals surface area contributed by atoms with Gasteiger partial charge in [0.2, 0.25) is 0 Å². The number of allylic oxidation sites excluding steroid dienone is 2. The van der Waals surface area contributed by atoms with E-state index in [4.69, 9.17) is 9.47 Å². The number of fused-ring (bicyclic) bond motifs is 5. The summed E-state index contributed by atoms with van der Waals surface area (Å²) in [5.41, 5.74) is 6.90. The molecule has 0 radical (unpaired) electrons. The summed E-state index contributed by atoms with van der Waals surface area (Å²) in [5, 5.41) is 0. The second-order valence-corrected chi connectivity index (χ2v) is 8.27. The lowest BCUT2D eigenvalue weighted by molar-refractivity contribution is 0.0931. The number of carbonyl (C=O) groups excluding carboxylic acids is 1. The molecule has 0 bridgehead atoms. The number of ether oxygens (including phenoxy) is 2. The monoisotopic (exact) mass is 410 g/mol. The van der Waals surface area contributed by atoms with Gasteiger partial charge < -0.3 is 9.47 Å². The number of rotatable bonds is 4. The van der Waals surface area contributed by atoms with Crippen LogP contribution in [0.5, 0.6) is 11.5 Å². The molecular formula is C28H26O3. The minimum Gasteiger partial charge on any atom is -0.497 e. The Morgan fingerprint density at radius 1 is 0.903 bits per heavy atom. The first-order valence-electron chi connectivity index (χ1n) is 10.7.